The van der Waals surface area contributed by atoms with E-state index >= 15 is 0 Å². The van der Waals surface area contributed by atoms with Crippen LogP contribution in [0.4, 0.5) is 5.69 Å². The third kappa shape index (κ3) is 4.79. The lowest BCUT2D eigenvalue weighted by Gasteiger charge is -2.32. The smallest absolute Gasteiger partial charge is 0.269 e. The predicted octanol–water partition coefficient (Wildman–Crippen LogP) is 2.80. The zero-order valence-electron chi connectivity index (χ0n) is 12.9. The van der Waals surface area contributed by atoms with E-state index in [2.05, 4.69) is 24.1 Å². The average Bonchev–Trinajstić information content (AvgIpc) is 2.48. The Morgan fingerprint density at radius 1 is 1.48 bits per heavy atom. The minimum Gasteiger partial charge on any atom is -0.316 e. The largest absolute Gasteiger partial charge is 0.316 e. The lowest BCUT2D eigenvalue weighted by atomic mass is 9.98. The number of rotatable bonds is 6. The molecule has 1 fully saturated rings. The van der Waals surface area contributed by atoms with Crippen LogP contribution in [0.1, 0.15) is 32.3 Å². The third-order valence-corrected chi connectivity index (χ3v) is 4.13. The first kappa shape index (κ1) is 15.9. The molecule has 1 aromatic rings. The summed E-state index contributed by atoms with van der Waals surface area (Å²) in [5.41, 5.74) is 1.19. The van der Waals surface area contributed by atoms with Gasteiger partial charge in [0, 0.05) is 31.3 Å². The Hall–Kier alpha value is -1.46. The molecule has 5 heteroatoms. The van der Waals surface area contributed by atoms with Gasteiger partial charge in [-0.1, -0.05) is 12.1 Å². The molecule has 0 radical (unpaired) electrons. The SMILES string of the molecule is CC(C)N(Cc1cccc([N+](=O)[O-])c1)CC1CCCNC1. The molecule has 1 aromatic carbocycles. The summed E-state index contributed by atoms with van der Waals surface area (Å²) in [6.45, 7) is 8.41. The molecule has 0 amide bonds. The summed E-state index contributed by atoms with van der Waals surface area (Å²) >= 11 is 0. The van der Waals surface area contributed by atoms with Crippen LogP contribution in [0.25, 0.3) is 0 Å². The van der Waals surface area contributed by atoms with Crippen molar-refractivity contribution in [2.75, 3.05) is 19.6 Å². The number of non-ortho nitro benzene ring substituents is 1. The van der Waals surface area contributed by atoms with E-state index in [1.54, 1.807) is 18.2 Å². The number of piperidine rings is 1. The Kier molecular flexibility index (Phi) is 5.70. The van der Waals surface area contributed by atoms with E-state index in [1.165, 1.54) is 12.8 Å². The van der Waals surface area contributed by atoms with Crippen molar-refractivity contribution in [3.8, 4) is 0 Å². The van der Waals surface area contributed by atoms with E-state index in [0.717, 1.165) is 31.7 Å². The highest BCUT2D eigenvalue weighted by Gasteiger charge is 2.19. The van der Waals surface area contributed by atoms with Gasteiger partial charge in [0.25, 0.3) is 5.69 Å². The van der Waals surface area contributed by atoms with Gasteiger partial charge in [0.1, 0.15) is 0 Å². The van der Waals surface area contributed by atoms with Crippen LogP contribution in [-0.2, 0) is 6.54 Å². The van der Waals surface area contributed by atoms with Gasteiger partial charge in [-0.15, -0.1) is 0 Å². The molecular formula is C16H25N3O2. The second kappa shape index (κ2) is 7.52. The van der Waals surface area contributed by atoms with E-state index in [4.69, 9.17) is 0 Å². The van der Waals surface area contributed by atoms with Gasteiger partial charge in [0.2, 0.25) is 0 Å². The highest BCUT2D eigenvalue weighted by Crippen LogP contribution is 2.19. The van der Waals surface area contributed by atoms with Crippen LogP contribution < -0.4 is 5.32 Å². The second-order valence-electron chi connectivity index (χ2n) is 6.16. The first-order valence-corrected chi connectivity index (χ1v) is 7.74. The molecule has 1 aliphatic rings. The van der Waals surface area contributed by atoms with Crippen molar-refractivity contribution in [3.05, 3.63) is 39.9 Å². The molecule has 0 bridgehead atoms. The summed E-state index contributed by atoms with van der Waals surface area (Å²) in [6.07, 6.45) is 2.51. The molecular weight excluding hydrogens is 266 g/mol. The summed E-state index contributed by atoms with van der Waals surface area (Å²) in [7, 11) is 0. The second-order valence-corrected chi connectivity index (χ2v) is 6.16. The lowest BCUT2D eigenvalue weighted by molar-refractivity contribution is -0.384. The van der Waals surface area contributed by atoms with Crippen LogP contribution in [0, 0.1) is 16.0 Å². The van der Waals surface area contributed by atoms with Gasteiger partial charge in [-0.3, -0.25) is 15.0 Å². The van der Waals surface area contributed by atoms with Gasteiger partial charge in [-0.25, -0.2) is 0 Å². The fourth-order valence-electron chi connectivity index (χ4n) is 2.87. The number of benzene rings is 1. The molecule has 0 spiro atoms. The maximum absolute atomic E-state index is 10.9. The van der Waals surface area contributed by atoms with Gasteiger partial charge in [0.05, 0.1) is 4.92 Å². The van der Waals surface area contributed by atoms with E-state index in [-0.39, 0.29) is 10.6 Å². The molecule has 1 heterocycles. The normalized spacial score (nSPS) is 19.1. The predicted molar refractivity (Wildman–Crippen MR) is 84.2 cm³/mol. The summed E-state index contributed by atoms with van der Waals surface area (Å²) in [5, 5.41) is 14.3. The van der Waals surface area contributed by atoms with Crippen LogP contribution in [0.5, 0.6) is 0 Å². The Bertz CT molecular complexity index is 470. The zero-order valence-corrected chi connectivity index (χ0v) is 12.9. The van der Waals surface area contributed by atoms with E-state index in [1.807, 2.05) is 6.07 Å². The van der Waals surface area contributed by atoms with Crippen molar-refractivity contribution in [2.45, 2.75) is 39.3 Å². The fraction of sp³-hybridized carbons (Fsp3) is 0.625. The summed E-state index contributed by atoms with van der Waals surface area (Å²) in [6, 6.07) is 7.42. The first-order valence-electron chi connectivity index (χ1n) is 7.74. The monoisotopic (exact) mass is 291 g/mol. The molecule has 116 valence electrons. The van der Waals surface area contributed by atoms with E-state index in [9.17, 15) is 10.1 Å². The van der Waals surface area contributed by atoms with E-state index in [0.29, 0.717) is 12.0 Å². The summed E-state index contributed by atoms with van der Waals surface area (Å²) in [5.74, 6) is 0.680. The fourth-order valence-corrected chi connectivity index (χ4v) is 2.87. The Balaban J connectivity index is 2.01. The molecule has 0 aliphatic carbocycles. The van der Waals surface area contributed by atoms with Crippen LogP contribution in [0.3, 0.4) is 0 Å². The van der Waals surface area contributed by atoms with Gasteiger partial charge < -0.3 is 5.32 Å². The Morgan fingerprint density at radius 2 is 2.29 bits per heavy atom. The molecule has 2 rings (SSSR count). The molecule has 1 saturated heterocycles. The third-order valence-electron chi connectivity index (χ3n) is 4.13. The van der Waals surface area contributed by atoms with Crippen molar-refractivity contribution in [2.24, 2.45) is 5.92 Å². The lowest BCUT2D eigenvalue weighted by Crippen LogP contribution is -2.40. The van der Waals surface area contributed by atoms with Crippen molar-refractivity contribution in [1.82, 2.24) is 10.2 Å². The molecule has 0 saturated carbocycles. The minimum absolute atomic E-state index is 0.176. The van der Waals surface area contributed by atoms with Gasteiger partial charge in [0.15, 0.2) is 0 Å². The molecule has 1 N–H and O–H groups in total. The quantitative estimate of drug-likeness (QED) is 0.647. The van der Waals surface area contributed by atoms with Crippen molar-refractivity contribution >= 4 is 5.69 Å². The molecule has 0 aromatic heterocycles. The van der Waals surface area contributed by atoms with E-state index < -0.39 is 0 Å². The van der Waals surface area contributed by atoms with Crippen LogP contribution in [0.15, 0.2) is 24.3 Å². The minimum atomic E-state index is -0.325. The number of nitro groups is 1. The van der Waals surface area contributed by atoms with Crippen molar-refractivity contribution in [3.63, 3.8) is 0 Å². The van der Waals surface area contributed by atoms with Crippen LogP contribution in [-0.4, -0.2) is 35.5 Å². The molecule has 1 unspecified atom stereocenters. The maximum Gasteiger partial charge on any atom is 0.269 e. The number of hydrogen-bond acceptors (Lipinski definition) is 4. The first-order chi connectivity index (χ1) is 10.1. The number of hydrogen-bond donors (Lipinski definition) is 1. The number of nitrogens with one attached hydrogen (secondary N) is 1. The highest BCUT2D eigenvalue weighted by atomic mass is 16.6. The number of nitro benzene ring substituents is 1. The molecule has 5 nitrogen and oxygen atoms in total. The average molecular weight is 291 g/mol. The van der Waals surface area contributed by atoms with Gasteiger partial charge in [-0.05, 0) is 51.3 Å². The summed E-state index contributed by atoms with van der Waals surface area (Å²) < 4.78 is 0. The standard InChI is InChI=1S/C16H25N3O2/c1-13(2)18(12-15-6-4-8-17-10-15)11-14-5-3-7-16(9-14)19(20)21/h3,5,7,9,13,15,17H,4,6,8,10-12H2,1-2H3. The number of nitrogens with zero attached hydrogens (tertiary/aromatic N) is 2. The molecule has 21 heavy (non-hydrogen) atoms. The van der Waals surface area contributed by atoms with Crippen LogP contribution in [0.2, 0.25) is 0 Å². The zero-order chi connectivity index (χ0) is 15.2. The molecule has 1 aliphatic heterocycles. The maximum atomic E-state index is 10.9. The van der Waals surface area contributed by atoms with Gasteiger partial charge in [-0.2, -0.15) is 0 Å². The highest BCUT2D eigenvalue weighted by molar-refractivity contribution is 5.34. The van der Waals surface area contributed by atoms with Crippen molar-refractivity contribution < 1.29 is 4.92 Å². The van der Waals surface area contributed by atoms with Crippen LogP contribution >= 0.6 is 0 Å². The topological polar surface area (TPSA) is 58.4 Å². The summed E-state index contributed by atoms with van der Waals surface area (Å²) in [4.78, 5) is 13.0. The Morgan fingerprint density at radius 3 is 2.90 bits per heavy atom. The molecule has 1 atom stereocenters. The Labute approximate surface area is 126 Å². The van der Waals surface area contributed by atoms with Crippen molar-refractivity contribution in [1.29, 1.82) is 0 Å². The van der Waals surface area contributed by atoms with Gasteiger partial charge >= 0.3 is 0 Å².